The molecule has 0 fully saturated rings. The smallest absolute Gasteiger partial charge is 0.191 e. The van der Waals surface area contributed by atoms with E-state index in [1.807, 2.05) is 6.20 Å². The molecule has 126 valence electrons. The largest absolute Gasteiger partial charge is 0.356 e. The van der Waals surface area contributed by atoms with Crippen LogP contribution in [-0.4, -0.2) is 31.1 Å². The highest BCUT2D eigenvalue weighted by Crippen LogP contribution is 2.10. The van der Waals surface area contributed by atoms with Gasteiger partial charge in [-0.2, -0.15) is 0 Å². The number of aryl methyl sites for hydroxylation is 1. The van der Waals surface area contributed by atoms with Gasteiger partial charge in [-0.05, 0) is 31.0 Å². The summed E-state index contributed by atoms with van der Waals surface area (Å²) < 4.78 is 12.8. The third-order valence-electron chi connectivity index (χ3n) is 3.14. The molecule has 2 aromatic rings. The van der Waals surface area contributed by atoms with Crippen molar-refractivity contribution in [2.75, 3.05) is 20.1 Å². The summed E-state index contributed by atoms with van der Waals surface area (Å²) in [5.41, 5.74) is 1.10. The number of nitrogens with zero attached hydrogens (tertiary/aromatic N) is 2. The lowest BCUT2D eigenvalue weighted by Gasteiger charge is -2.11. The molecule has 0 aliphatic heterocycles. The van der Waals surface area contributed by atoms with Crippen molar-refractivity contribution in [3.63, 3.8) is 0 Å². The molecule has 0 atom stereocenters. The molecule has 0 aliphatic carbocycles. The van der Waals surface area contributed by atoms with Gasteiger partial charge in [-0.15, -0.1) is 35.3 Å². The van der Waals surface area contributed by atoms with Gasteiger partial charge in [0.2, 0.25) is 0 Å². The predicted molar refractivity (Wildman–Crippen MR) is 105 cm³/mol. The van der Waals surface area contributed by atoms with Crippen LogP contribution in [0, 0.1) is 12.7 Å². The molecule has 0 radical (unpaired) electrons. The first-order chi connectivity index (χ1) is 10.7. The number of aliphatic imine (C=N–C) groups is 1. The van der Waals surface area contributed by atoms with Gasteiger partial charge in [0.05, 0.1) is 5.01 Å². The van der Waals surface area contributed by atoms with E-state index in [2.05, 4.69) is 27.5 Å². The van der Waals surface area contributed by atoms with Gasteiger partial charge in [0.1, 0.15) is 5.82 Å². The van der Waals surface area contributed by atoms with E-state index in [0.29, 0.717) is 0 Å². The molecule has 4 nitrogen and oxygen atoms in total. The Labute approximate surface area is 157 Å². The van der Waals surface area contributed by atoms with Crippen LogP contribution in [0.25, 0.3) is 0 Å². The van der Waals surface area contributed by atoms with E-state index in [9.17, 15) is 4.39 Å². The molecule has 7 heteroatoms. The molecule has 1 aromatic heterocycles. The number of hydrogen-bond acceptors (Lipinski definition) is 3. The molecule has 2 N–H and O–H groups in total. The van der Waals surface area contributed by atoms with Crippen molar-refractivity contribution < 1.29 is 4.39 Å². The average molecular weight is 448 g/mol. The third-order valence-corrected chi connectivity index (χ3v) is 4.12. The minimum atomic E-state index is -0.202. The summed E-state index contributed by atoms with van der Waals surface area (Å²) in [7, 11) is 1.75. The van der Waals surface area contributed by atoms with Gasteiger partial charge in [0.15, 0.2) is 5.96 Å². The van der Waals surface area contributed by atoms with E-state index in [4.69, 9.17) is 0 Å². The minimum absolute atomic E-state index is 0. The normalized spacial score (nSPS) is 11.0. The SMILES string of the molecule is CN=C(NCCc1ccc(F)cc1)NCCc1ncc(C)s1.I. The maximum absolute atomic E-state index is 12.8. The van der Waals surface area contributed by atoms with Crippen LogP contribution < -0.4 is 10.6 Å². The fourth-order valence-corrected chi connectivity index (χ4v) is 2.79. The maximum Gasteiger partial charge on any atom is 0.191 e. The van der Waals surface area contributed by atoms with Crippen LogP contribution in [0.4, 0.5) is 4.39 Å². The number of halogens is 2. The summed E-state index contributed by atoms with van der Waals surface area (Å²) in [6.07, 6.45) is 3.61. The van der Waals surface area contributed by atoms with Crippen LogP contribution in [0.15, 0.2) is 35.5 Å². The molecule has 0 bridgehead atoms. The Hall–Kier alpha value is -1.22. The molecule has 0 amide bonds. The van der Waals surface area contributed by atoms with Gasteiger partial charge in [0.25, 0.3) is 0 Å². The molecular weight excluding hydrogens is 426 g/mol. The first kappa shape index (κ1) is 19.8. The first-order valence-corrected chi connectivity index (χ1v) is 8.09. The van der Waals surface area contributed by atoms with Crippen molar-refractivity contribution in [3.05, 3.63) is 51.7 Å². The molecule has 23 heavy (non-hydrogen) atoms. The highest BCUT2D eigenvalue weighted by atomic mass is 127. The summed E-state index contributed by atoms with van der Waals surface area (Å²) in [6.45, 7) is 3.61. The number of aromatic nitrogens is 1. The van der Waals surface area contributed by atoms with Crippen molar-refractivity contribution in [1.29, 1.82) is 0 Å². The molecule has 0 spiro atoms. The van der Waals surface area contributed by atoms with E-state index < -0.39 is 0 Å². The summed E-state index contributed by atoms with van der Waals surface area (Å²) in [4.78, 5) is 9.76. The van der Waals surface area contributed by atoms with Crippen molar-refractivity contribution in [3.8, 4) is 0 Å². The van der Waals surface area contributed by atoms with E-state index in [0.717, 1.165) is 42.5 Å². The van der Waals surface area contributed by atoms with Crippen molar-refractivity contribution in [2.45, 2.75) is 19.8 Å². The van der Waals surface area contributed by atoms with Crippen LogP contribution in [-0.2, 0) is 12.8 Å². The monoisotopic (exact) mass is 448 g/mol. The Balaban J connectivity index is 0.00000264. The van der Waals surface area contributed by atoms with Crippen LogP contribution >= 0.6 is 35.3 Å². The highest BCUT2D eigenvalue weighted by molar-refractivity contribution is 14.0. The number of rotatable bonds is 6. The number of benzene rings is 1. The Morgan fingerprint density at radius 1 is 1.17 bits per heavy atom. The Morgan fingerprint density at radius 3 is 2.39 bits per heavy atom. The molecule has 0 saturated carbocycles. The molecule has 0 unspecified atom stereocenters. The summed E-state index contributed by atoms with van der Waals surface area (Å²) in [5, 5.41) is 7.65. The van der Waals surface area contributed by atoms with Crippen molar-refractivity contribution in [2.24, 2.45) is 4.99 Å². The fraction of sp³-hybridized carbons (Fsp3) is 0.375. The predicted octanol–water partition coefficient (Wildman–Crippen LogP) is 3.16. The zero-order valence-electron chi connectivity index (χ0n) is 13.3. The standard InChI is InChI=1S/C16H21FN4S.HI/c1-12-11-21-15(22-12)8-10-20-16(18-2)19-9-7-13-3-5-14(17)6-4-13;/h3-6,11H,7-10H2,1-2H3,(H2,18,19,20);1H. The molecular formula is C16H22FIN4S. The fourth-order valence-electron chi connectivity index (χ4n) is 2.00. The van der Waals surface area contributed by atoms with Crippen LogP contribution in [0.5, 0.6) is 0 Å². The van der Waals surface area contributed by atoms with Crippen LogP contribution in [0.3, 0.4) is 0 Å². The molecule has 1 aromatic carbocycles. The van der Waals surface area contributed by atoms with Gasteiger partial charge in [-0.1, -0.05) is 12.1 Å². The number of guanidine groups is 1. The first-order valence-electron chi connectivity index (χ1n) is 7.27. The van der Waals surface area contributed by atoms with Gasteiger partial charge < -0.3 is 10.6 Å². The minimum Gasteiger partial charge on any atom is -0.356 e. The molecule has 1 heterocycles. The third kappa shape index (κ3) is 7.26. The molecule has 0 aliphatic rings. The lowest BCUT2D eigenvalue weighted by atomic mass is 10.1. The average Bonchev–Trinajstić information content (AvgIpc) is 2.93. The number of thiazole rings is 1. The van der Waals surface area contributed by atoms with E-state index in [1.165, 1.54) is 17.0 Å². The zero-order valence-corrected chi connectivity index (χ0v) is 16.5. The van der Waals surface area contributed by atoms with Gasteiger partial charge in [-0.25, -0.2) is 9.37 Å². The highest BCUT2D eigenvalue weighted by Gasteiger charge is 2.01. The Kier molecular flexibility index (Phi) is 9.08. The van der Waals surface area contributed by atoms with Crippen LogP contribution in [0.2, 0.25) is 0 Å². The Morgan fingerprint density at radius 2 is 1.83 bits per heavy atom. The lowest BCUT2D eigenvalue weighted by molar-refractivity contribution is 0.626. The summed E-state index contributed by atoms with van der Waals surface area (Å²) in [5.74, 6) is 0.571. The van der Waals surface area contributed by atoms with E-state index in [1.54, 1.807) is 30.5 Å². The number of nitrogens with one attached hydrogen (secondary N) is 2. The van der Waals surface area contributed by atoms with Crippen LogP contribution in [0.1, 0.15) is 15.4 Å². The lowest BCUT2D eigenvalue weighted by Crippen LogP contribution is -2.39. The van der Waals surface area contributed by atoms with Crippen molar-refractivity contribution >= 4 is 41.3 Å². The maximum atomic E-state index is 12.8. The quantitative estimate of drug-likeness (QED) is 0.406. The second kappa shape index (κ2) is 10.5. The van der Waals surface area contributed by atoms with Crippen molar-refractivity contribution in [1.82, 2.24) is 15.6 Å². The van der Waals surface area contributed by atoms with Gasteiger partial charge in [0, 0.05) is 37.6 Å². The number of hydrogen-bond donors (Lipinski definition) is 2. The van der Waals surface area contributed by atoms with E-state index in [-0.39, 0.29) is 29.8 Å². The van der Waals surface area contributed by atoms with E-state index >= 15 is 0 Å². The molecule has 2 rings (SSSR count). The zero-order chi connectivity index (χ0) is 15.8. The molecule has 0 saturated heterocycles. The van der Waals surface area contributed by atoms with Gasteiger partial charge in [-0.3, -0.25) is 4.99 Å². The summed E-state index contributed by atoms with van der Waals surface area (Å²) >= 11 is 1.72. The summed E-state index contributed by atoms with van der Waals surface area (Å²) in [6, 6.07) is 6.58. The second-order valence-electron chi connectivity index (χ2n) is 4.92. The van der Waals surface area contributed by atoms with Gasteiger partial charge >= 0.3 is 0 Å². The second-order valence-corrected chi connectivity index (χ2v) is 6.24. The topological polar surface area (TPSA) is 49.3 Å². The Bertz CT molecular complexity index is 613.